The topological polar surface area (TPSA) is 96.2 Å². The van der Waals surface area contributed by atoms with E-state index in [-0.39, 0.29) is 10.7 Å². The molecule has 1 rings (SSSR count). The molecule has 0 aliphatic carbocycles. The van der Waals surface area contributed by atoms with E-state index >= 15 is 0 Å². The zero-order valence-corrected chi connectivity index (χ0v) is 7.21. The summed E-state index contributed by atoms with van der Waals surface area (Å²) in [5, 5.41) is 8.51. The molecule has 13 heavy (non-hydrogen) atoms. The Hall–Kier alpha value is -1.33. The van der Waals surface area contributed by atoms with E-state index in [1.165, 1.54) is 12.1 Å². The number of nitrogens with one attached hydrogen (secondary N) is 1. The first kappa shape index (κ1) is 9.76. The van der Waals surface area contributed by atoms with Gasteiger partial charge >= 0.3 is 5.97 Å². The largest absolute Gasteiger partial charge is 0.480 e. The van der Waals surface area contributed by atoms with E-state index in [1.54, 1.807) is 0 Å². The van der Waals surface area contributed by atoms with E-state index < -0.39 is 17.6 Å². The number of aliphatic carboxylic acids is 1. The number of nitrogens with two attached hydrogens (primary N) is 1. The first-order valence-corrected chi connectivity index (χ1v) is 3.77. The molecule has 0 aliphatic heterocycles. The highest BCUT2D eigenvalue weighted by atomic mass is 35.5. The Morgan fingerprint density at radius 1 is 1.62 bits per heavy atom. The molecule has 0 spiro atoms. The van der Waals surface area contributed by atoms with Crippen molar-refractivity contribution in [3.8, 4) is 0 Å². The second kappa shape index (κ2) is 3.59. The predicted molar refractivity (Wildman–Crippen MR) is 46.6 cm³/mol. The summed E-state index contributed by atoms with van der Waals surface area (Å²) in [5.74, 6) is -1.20. The standard InChI is InChI=1S/C7H7ClN2O3/c8-6-3(5(9)7(12)13)1-2-4(11)10-6/h1-2,5H,9H2,(H,10,11)(H,12,13)/t5-/m1/s1. The number of carbonyl (C=O) groups is 1. The molecule has 1 atom stereocenters. The molecule has 5 nitrogen and oxygen atoms in total. The van der Waals surface area contributed by atoms with Crippen LogP contribution in [-0.4, -0.2) is 16.1 Å². The molecule has 0 unspecified atom stereocenters. The summed E-state index contributed by atoms with van der Waals surface area (Å²) < 4.78 is 0. The Morgan fingerprint density at radius 2 is 2.23 bits per heavy atom. The van der Waals surface area contributed by atoms with Gasteiger partial charge < -0.3 is 15.8 Å². The van der Waals surface area contributed by atoms with Crippen molar-refractivity contribution in [1.82, 2.24) is 4.98 Å². The van der Waals surface area contributed by atoms with Crippen molar-refractivity contribution in [2.75, 3.05) is 0 Å². The average molecular weight is 203 g/mol. The molecule has 1 aromatic heterocycles. The number of rotatable bonds is 2. The van der Waals surface area contributed by atoms with Crippen molar-refractivity contribution >= 4 is 17.6 Å². The van der Waals surface area contributed by atoms with Gasteiger partial charge in [0.1, 0.15) is 11.2 Å². The number of carboxylic acid groups (broad SMARTS) is 1. The van der Waals surface area contributed by atoms with Crippen molar-refractivity contribution < 1.29 is 9.90 Å². The molecule has 0 amide bonds. The van der Waals surface area contributed by atoms with Crippen LogP contribution in [0.25, 0.3) is 0 Å². The molecule has 6 heteroatoms. The van der Waals surface area contributed by atoms with Crippen LogP contribution in [0.5, 0.6) is 0 Å². The predicted octanol–water partition coefficient (Wildman–Crippen LogP) is 0.113. The number of carboxylic acids is 1. The molecule has 1 heterocycles. The van der Waals surface area contributed by atoms with Crippen LogP contribution >= 0.6 is 11.6 Å². The maximum absolute atomic E-state index is 10.7. The minimum absolute atomic E-state index is 0.0394. The van der Waals surface area contributed by atoms with Gasteiger partial charge in [0, 0.05) is 11.6 Å². The van der Waals surface area contributed by atoms with Crippen LogP contribution in [0.15, 0.2) is 16.9 Å². The maximum atomic E-state index is 10.7. The van der Waals surface area contributed by atoms with Gasteiger partial charge in [0.15, 0.2) is 0 Å². The number of pyridine rings is 1. The van der Waals surface area contributed by atoms with Crippen LogP contribution in [0.2, 0.25) is 5.15 Å². The zero-order chi connectivity index (χ0) is 10.0. The third-order valence-corrected chi connectivity index (χ3v) is 1.81. The monoisotopic (exact) mass is 202 g/mol. The number of hydrogen-bond acceptors (Lipinski definition) is 3. The van der Waals surface area contributed by atoms with E-state index in [4.69, 9.17) is 22.4 Å². The highest BCUT2D eigenvalue weighted by molar-refractivity contribution is 6.30. The van der Waals surface area contributed by atoms with Gasteiger partial charge in [0.25, 0.3) is 0 Å². The highest BCUT2D eigenvalue weighted by Crippen LogP contribution is 2.16. The van der Waals surface area contributed by atoms with Gasteiger partial charge in [-0.3, -0.25) is 9.59 Å². The van der Waals surface area contributed by atoms with Gasteiger partial charge in [-0.15, -0.1) is 0 Å². The summed E-state index contributed by atoms with van der Waals surface area (Å²) in [6, 6.07) is 1.24. The molecule has 0 bridgehead atoms. The summed E-state index contributed by atoms with van der Waals surface area (Å²) in [7, 11) is 0. The molecule has 0 radical (unpaired) electrons. The van der Waals surface area contributed by atoms with E-state index in [9.17, 15) is 9.59 Å². The lowest BCUT2D eigenvalue weighted by atomic mass is 10.1. The third kappa shape index (κ3) is 2.07. The molecule has 0 aromatic carbocycles. The smallest absolute Gasteiger partial charge is 0.325 e. The normalized spacial score (nSPS) is 12.5. The Morgan fingerprint density at radius 3 is 2.69 bits per heavy atom. The fraction of sp³-hybridized carbons (Fsp3) is 0.143. The summed E-state index contributed by atoms with van der Waals surface area (Å²) in [5.41, 5.74) is 5.07. The van der Waals surface area contributed by atoms with Crippen molar-refractivity contribution in [2.24, 2.45) is 5.73 Å². The van der Waals surface area contributed by atoms with Crippen molar-refractivity contribution in [3.05, 3.63) is 33.2 Å². The summed E-state index contributed by atoms with van der Waals surface area (Å²) >= 11 is 5.57. The van der Waals surface area contributed by atoms with Crippen molar-refractivity contribution in [3.63, 3.8) is 0 Å². The summed E-state index contributed by atoms with van der Waals surface area (Å²) in [4.78, 5) is 23.4. The number of aromatic nitrogens is 1. The Labute approximate surface area is 78.1 Å². The second-order valence-electron chi connectivity index (χ2n) is 2.41. The van der Waals surface area contributed by atoms with Crippen molar-refractivity contribution in [1.29, 1.82) is 0 Å². The van der Waals surface area contributed by atoms with E-state index in [1.807, 2.05) is 0 Å². The first-order valence-electron chi connectivity index (χ1n) is 3.39. The van der Waals surface area contributed by atoms with Crippen LogP contribution in [0.3, 0.4) is 0 Å². The van der Waals surface area contributed by atoms with Gasteiger partial charge in [-0.1, -0.05) is 11.6 Å². The molecule has 70 valence electrons. The highest BCUT2D eigenvalue weighted by Gasteiger charge is 2.17. The minimum Gasteiger partial charge on any atom is -0.480 e. The van der Waals surface area contributed by atoms with E-state index in [0.29, 0.717) is 0 Å². The lowest BCUT2D eigenvalue weighted by molar-refractivity contribution is -0.138. The SMILES string of the molecule is N[C@@H](C(=O)O)c1ccc(=O)[nH]c1Cl. The second-order valence-corrected chi connectivity index (χ2v) is 2.79. The molecule has 0 fully saturated rings. The summed E-state index contributed by atoms with van der Waals surface area (Å²) in [6.07, 6.45) is 0. The quantitative estimate of drug-likeness (QED) is 0.593. The fourth-order valence-corrected chi connectivity index (χ4v) is 1.11. The lowest BCUT2D eigenvalue weighted by Gasteiger charge is -2.07. The van der Waals surface area contributed by atoms with E-state index in [0.717, 1.165) is 0 Å². The average Bonchev–Trinajstić information content (AvgIpc) is 2.03. The van der Waals surface area contributed by atoms with Crippen LogP contribution < -0.4 is 11.3 Å². The molecule has 0 saturated carbocycles. The molecule has 1 aromatic rings. The van der Waals surface area contributed by atoms with Crippen molar-refractivity contribution in [2.45, 2.75) is 6.04 Å². The Kier molecular flexibility index (Phi) is 2.69. The van der Waals surface area contributed by atoms with Crippen LogP contribution in [0.1, 0.15) is 11.6 Å². The molecule has 0 saturated heterocycles. The maximum Gasteiger partial charge on any atom is 0.325 e. The first-order chi connectivity index (χ1) is 6.02. The number of aromatic amines is 1. The van der Waals surface area contributed by atoms with Crippen LogP contribution in [0.4, 0.5) is 0 Å². The fourth-order valence-electron chi connectivity index (χ4n) is 0.834. The minimum atomic E-state index is -1.22. The lowest BCUT2D eigenvalue weighted by Crippen LogP contribution is -2.22. The number of H-pyrrole nitrogens is 1. The van der Waals surface area contributed by atoms with Gasteiger partial charge in [-0.2, -0.15) is 0 Å². The van der Waals surface area contributed by atoms with Gasteiger partial charge in [0.2, 0.25) is 5.56 Å². The number of hydrogen-bond donors (Lipinski definition) is 3. The van der Waals surface area contributed by atoms with Gasteiger partial charge in [0.05, 0.1) is 0 Å². The molecular weight excluding hydrogens is 196 g/mol. The molecule has 4 N–H and O–H groups in total. The number of halogens is 1. The third-order valence-electron chi connectivity index (χ3n) is 1.50. The Bertz CT molecular complexity index is 388. The molecular formula is C7H7ClN2O3. The van der Waals surface area contributed by atoms with E-state index in [2.05, 4.69) is 4.98 Å². The van der Waals surface area contributed by atoms with Gasteiger partial charge in [-0.05, 0) is 6.07 Å². The summed E-state index contributed by atoms with van der Waals surface area (Å²) in [6.45, 7) is 0. The Balaban J connectivity index is 3.16. The van der Waals surface area contributed by atoms with Gasteiger partial charge in [-0.25, -0.2) is 0 Å². The van der Waals surface area contributed by atoms with Crippen LogP contribution in [0, 0.1) is 0 Å². The van der Waals surface area contributed by atoms with Crippen LogP contribution in [-0.2, 0) is 4.79 Å². The zero-order valence-electron chi connectivity index (χ0n) is 6.45. The molecule has 0 aliphatic rings.